The largest absolute Gasteiger partial charge is 0.495 e. The zero-order valence-electron chi connectivity index (χ0n) is 12.1. The fourth-order valence-electron chi connectivity index (χ4n) is 2.08. The first-order valence-corrected chi connectivity index (χ1v) is 7.18. The van der Waals surface area contributed by atoms with Gasteiger partial charge in [0.25, 0.3) is 0 Å². The van der Waals surface area contributed by atoms with Gasteiger partial charge >= 0.3 is 0 Å². The fourth-order valence-corrected chi connectivity index (χ4v) is 2.59. The first-order valence-electron chi connectivity index (χ1n) is 6.38. The van der Waals surface area contributed by atoms with Crippen LogP contribution < -0.4 is 4.74 Å². The average Bonchev–Trinajstić information content (AvgIpc) is 2.72. The molecule has 0 bridgehead atoms. The number of carbonyl (C=O) groups excluding carboxylic acids is 1. The summed E-state index contributed by atoms with van der Waals surface area (Å²) in [5.41, 5.74) is 1.56. The summed E-state index contributed by atoms with van der Waals surface area (Å²) in [6, 6.07) is 3.73. The van der Waals surface area contributed by atoms with Gasteiger partial charge in [0.2, 0.25) is 0 Å². The van der Waals surface area contributed by atoms with Gasteiger partial charge in [-0.2, -0.15) is 0 Å². The third-order valence-corrected chi connectivity index (χ3v) is 3.87. The zero-order chi connectivity index (χ0) is 14.9. The number of methoxy groups -OCH3 is 1. The molecule has 0 aliphatic carbocycles. The van der Waals surface area contributed by atoms with Gasteiger partial charge in [-0.3, -0.25) is 4.79 Å². The van der Waals surface area contributed by atoms with Crippen molar-refractivity contribution in [3.8, 4) is 5.75 Å². The number of halogens is 1. The van der Waals surface area contributed by atoms with Crippen LogP contribution in [-0.2, 0) is 0 Å². The predicted octanol–water partition coefficient (Wildman–Crippen LogP) is 3.65. The molecule has 2 rings (SSSR count). The second-order valence-electron chi connectivity index (χ2n) is 5.02. The van der Waals surface area contributed by atoms with Crippen LogP contribution >= 0.6 is 15.9 Å². The lowest BCUT2D eigenvalue weighted by atomic mass is 10.1. The Morgan fingerprint density at radius 1 is 1.40 bits per heavy atom. The lowest BCUT2D eigenvalue weighted by Gasteiger charge is -2.07. The molecule has 0 saturated heterocycles. The number of ether oxygens (including phenoxy) is 1. The van der Waals surface area contributed by atoms with Crippen LogP contribution in [0.1, 0.15) is 22.5 Å². The lowest BCUT2D eigenvalue weighted by molar-refractivity contribution is 0.0947. The number of benzene rings is 1. The maximum absolute atomic E-state index is 12.2. The highest BCUT2D eigenvalue weighted by Crippen LogP contribution is 2.34. The number of ketones is 1. The Bertz CT molecular complexity index is 646. The summed E-state index contributed by atoms with van der Waals surface area (Å²) in [6.45, 7) is 2.62. The molecule has 0 saturated carbocycles. The maximum atomic E-state index is 12.2. The molecule has 0 aliphatic rings. The van der Waals surface area contributed by atoms with Crippen molar-refractivity contribution in [3.63, 3.8) is 0 Å². The number of hydrogen-bond donors (Lipinski definition) is 0. The number of aryl methyl sites for hydroxylation is 1. The molecule has 4 nitrogen and oxygen atoms in total. The summed E-state index contributed by atoms with van der Waals surface area (Å²) < 4.78 is 11.8. The molecule has 2 aromatic rings. The Hall–Kier alpha value is -1.33. The summed E-state index contributed by atoms with van der Waals surface area (Å²) >= 11 is 3.45. The Balaban J connectivity index is 2.40. The molecule has 0 radical (unpaired) electrons. The standard InChI is InChI=1S/C15H18BrNO3/c1-9-10-7-11(16)14(19-4)8-13(10)20-15(9)12(18)5-6-17(2)3/h7-8H,5-6H2,1-4H3. The van der Waals surface area contributed by atoms with Gasteiger partial charge in [0.1, 0.15) is 11.3 Å². The molecule has 1 aromatic heterocycles. The summed E-state index contributed by atoms with van der Waals surface area (Å²) in [5, 5.41) is 0.936. The summed E-state index contributed by atoms with van der Waals surface area (Å²) in [5.74, 6) is 1.17. The van der Waals surface area contributed by atoms with Gasteiger partial charge in [0, 0.05) is 30.0 Å². The van der Waals surface area contributed by atoms with Crippen LogP contribution in [0.25, 0.3) is 11.0 Å². The molecule has 1 heterocycles. The first-order chi connectivity index (χ1) is 9.43. The molecule has 20 heavy (non-hydrogen) atoms. The smallest absolute Gasteiger partial charge is 0.199 e. The minimum absolute atomic E-state index is 0.0301. The quantitative estimate of drug-likeness (QED) is 0.780. The van der Waals surface area contributed by atoms with E-state index in [2.05, 4.69) is 15.9 Å². The average molecular weight is 340 g/mol. The summed E-state index contributed by atoms with van der Waals surface area (Å²) in [4.78, 5) is 14.2. The highest BCUT2D eigenvalue weighted by molar-refractivity contribution is 9.10. The second kappa shape index (κ2) is 5.97. The minimum atomic E-state index is 0.0301. The van der Waals surface area contributed by atoms with Crippen molar-refractivity contribution in [1.29, 1.82) is 0 Å². The van der Waals surface area contributed by atoms with Crippen LogP contribution in [0.3, 0.4) is 0 Å². The SMILES string of the molecule is COc1cc2oc(C(=O)CCN(C)C)c(C)c2cc1Br. The topological polar surface area (TPSA) is 42.7 Å². The molecular formula is C15H18BrNO3. The monoisotopic (exact) mass is 339 g/mol. The van der Waals surface area contributed by atoms with E-state index in [9.17, 15) is 4.79 Å². The van der Waals surface area contributed by atoms with Crippen molar-refractivity contribution in [1.82, 2.24) is 4.90 Å². The molecule has 0 atom stereocenters. The molecule has 0 fully saturated rings. The van der Waals surface area contributed by atoms with Crippen molar-refractivity contribution in [2.45, 2.75) is 13.3 Å². The van der Waals surface area contributed by atoms with E-state index in [-0.39, 0.29) is 5.78 Å². The Morgan fingerprint density at radius 2 is 2.10 bits per heavy atom. The molecular weight excluding hydrogens is 322 g/mol. The molecule has 1 aromatic carbocycles. The molecule has 108 valence electrons. The molecule has 0 N–H and O–H groups in total. The predicted molar refractivity (Wildman–Crippen MR) is 82.7 cm³/mol. The van der Waals surface area contributed by atoms with Crippen molar-refractivity contribution in [3.05, 3.63) is 27.9 Å². The molecule has 0 amide bonds. The van der Waals surface area contributed by atoms with E-state index in [1.165, 1.54) is 0 Å². The van der Waals surface area contributed by atoms with Crippen molar-refractivity contribution >= 4 is 32.7 Å². The Labute approximate surface area is 126 Å². The maximum Gasteiger partial charge on any atom is 0.199 e. The zero-order valence-corrected chi connectivity index (χ0v) is 13.7. The van der Waals surface area contributed by atoms with Crippen LogP contribution in [0.5, 0.6) is 5.75 Å². The van der Waals surface area contributed by atoms with Gasteiger partial charge in [-0.05, 0) is 43.0 Å². The first kappa shape index (κ1) is 15.1. The van der Waals surface area contributed by atoms with Crippen LogP contribution in [0.4, 0.5) is 0 Å². The van der Waals surface area contributed by atoms with Crippen molar-refractivity contribution < 1.29 is 13.9 Å². The number of carbonyl (C=O) groups is 1. The van der Waals surface area contributed by atoms with Crippen molar-refractivity contribution in [2.75, 3.05) is 27.7 Å². The van der Waals surface area contributed by atoms with Crippen LogP contribution in [0.15, 0.2) is 21.0 Å². The van der Waals surface area contributed by atoms with Gasteiger partial charge in [-0.25, -0.2) is 0 Å². The van der Waals surface area contributed by atoms with Gasteiger partial charge in [0.15, 0.2) is 11.5 Å². The van der Waals surface area contributed by atoms with E-state index in [4.69, 9.17) is 9.15 Å². The molecule has 0 spiro atoms. The summed E-state index contributed by atoms with van der Waals surface area (Å²) in [7, 11) is 5.49. The Kier molecular flexibility index (Phi) is 4.50. The van der Waals surface area contributed by atoms with Gasteiger partial charge in [0.05, 0.1) is 11.6 Å². The van der Waals surface area contributed by atoms with Crippen LogP contribution in [0, 0.1) is 6.92 Å². The molecule has 5 heteroatoms. The van der Waals surface area contributed by atoms with E-state index in [0.29, 0.717) is 30.1 Å². The third kappa shape index (κ3) is 2.88. The van der Waals surface area contributed by atoms with E-state index < -0.39 is 0 Å². The highest BCUT2D eigenvalue weighted by atomic mass is 79.9. The number of nitrogens with zero attached hydrogens (tertiary/aromatic N) is 1. The van der Waals surface area contributed by atoms with Crippen molar-refractivity contribution in [2.24, 2.45) is 0 Å². The van der Waals surface area contributed by atoms with E-state index in [1.54, 1.807) is 13.2 Å². The minimum Gasteiger partial charge on any atom is -0.495 e. The van der Waals surface area contributed by atoms with Gasteiger partial charge in [-0.1, -0.05) is 0 Å². The van der Waals surface area contributed by atoms with E-state index in [1.807, 2.05) is 32.0 Å². The number of hydrogen-bond acceptors (Lipinski definition) is 4. The molecule has 0 aliphatic heterocycles. The number of Topliss-reactive ketones (excluding diaryl/α,β-unsaturated/α-hetero) is 1. The number of furan rings is 1. The normalized spacial score (nSPS) is 11.3. The fraction of sp³-hybridized carbons (Fsp3) is 0.400. The molecule has 0 unspecified atom stereocenters. The van der Waals surface area contributed by atoms with E-state index >= 15 is 0 Å². The van der Waals surface area contributed by atoms with Crippen LogP contribution in [0.2, 0.25) is 0 Å². The van der Waals surface area contributed by atoms with E-state index in [0.717, 1.165) is 15.4 Å². The lowest BCUT2D eigenvalue weighted by Crippen LogP contribution is -2.16. The van der Waals surface area contributed by atoms with Gasteiger partial charge in [-0.15, -0.1) is 0 Å². The highest BCUT2D eigenvalue weighted by Gasteiger charge is 2.19. The summed E-state index contributed by atoms with van der Waals surface area (Å²) in [6.07, 6.45) is 0.450. The Morgan fingerprint density at radius 3 is 2.70 bits per heavy atom. The second-order valence-corrected chi connectivity index (χ2v) is 5.87. The third-order valence-electron chi connectivity index (χ3n) is 3.25. The van der Waals surface area contributed by atoms with Gasteiger partial charge < -0.3 is 14.1 Å². The van der Waals surface area contributed by atoms with Crippen LogP contribution in [-0.4, -0.2) is 38.4 Å². The number of rotatable bonds is 5. The number of fused-ring (bicyclic) bond motifs is 1.